The quantitative estimate of drug-likeness (QED) is 0.791. The Morgan fingerprint density at radius 1 is 1.56 bits per heavy atom. The maximum Gasteiger partial charge on any atom is 0.220 e. The molecule has 1 fully saturated rings. The van der Waals surface area contributed by atoms with Crippen LogP contribution in [-0.2, 0) is 9.53 Å². The Balaban J connectivity index is 2.65. The first-order valence-corrected chi connectivity index (χ1v) is 6.99. The van der Waals surface area contributed by atoms with Gasteiger partial charge >= 0.3 is 0 Å². The molecule has 0 aromatic rings. The van der Waals surface area contributed by atoms with E-state index in [1.165, 1.54) is 0 Å². The Kier molecular flexibility index (Phi) is 5.17. The van der Waals surface area contributed by atoms with E-state index in [0.29, 0.717) is 25.2 Å². The lowest BCUT2D eigenvalue weighted by Crippen LogP contribution is -2.48. The second-order valence-corrected chi connectivity index (χ2v) is 5.83. The lowest BCUT2D eigenvalue weighted by atomic mass is 9.81. The first kappa shape index (κ1) is 15.4. The fourth-order valence-corrected chi connectivity index (χ4v) is 2.62. The fraction of sp³-hybridized carbons (Fsp3) is 0.929. The average Bonchev–Trinajstić information content (AvgIpc) is 2.30. The average molecular weight is 257 g/mol. The molecule has 0 bridgehead atoms. The van der Waals surface area contributed by atoms with Crippen molar-refractivity contribution in [3.05, 3.63) is 0 Å². The van der Waals surface area contributed by atoms with Gasteiger partial charge in [0.1, 0.15) is 0 Å². The van der Waals surface area contributed by atoms with E-state index in [9.17, 15) is 9.90 Å². The number of hydrogen-bond acceptors (Lipinski definition) is 3. The molecule has 1 heterocycles. The van der Waals surface area contributed by atoms with E-state index in [1.807, 2.05) is 20.8 Å². The number of carbonyl (C=O) groups excluding carboxylic acids is 1. The summed E-state index contributed by atoms with van der Waals surface area (Å²) in [4.78, 5) is 11.3. The van der Waals surface area contributed by atoms with Gasteiger partial charge < -0.3 is 15.6 Å². The molecule has 4 heteroatoms. The largest absolute Gasteiger partial charge is 0.369 e. The zero-order chi connectivity index (χ0) is 13.9. The third kappa shape index (κ3) is 3.45. The van der Waals surface area contributed by atoms with Crippen molar-refractivity contribution in [1.29, 1.82) is 0 Å². The Labute approximate surface area is 110 Å². The van der Waals surface area contributed by atoms with Crippen molar-refractivity contribution in [2.75, 3.05) is 0 Å². The van der Waals surface area contributed by atoms with Gasteiger partial charge in [0, 0.05) is 18.3 Å². The summed E-state index contributed by atoms with van der Waals surface area (Å²) in [6.45, 7) is 8.01. The van der Waals surface area contributed by atoms with E-state index in [1.54, 1.807) is 0 Å². The topological polar surface area (TPSA) is 72.6 Å². The summed E-state index contributed by atoms with van der Waals surface area (Å²) in [5, 5.41) is 10.6. The molecule has 5 unspecified atom stereocenters. The van der Waals surface area contributed by atoms with Crippen molar-refractivity contribution in [2.45, 2.75) is 65.3 Å². The monoisotopic (exact) mass is 257 g/mol. The zero-order valence-corrected chi connectivity index (χ0v) is 12.0. The van der Waals surface area contributed by atoms with E-state index in [0.717, 1.165) is 6.42 Å². The van der Waals surface area contributed by atoms with Gasteiger partial charge in [-0.1, -0.05) is 20.8 Å². The standard InChI is InChI=1S/C14H27NO3/c1-5-12(13(15)16)8-10(3)14(17)7-6-9(2)11(4)18-14/h9-12,17H,5-8H2,1-4H3,(H2,15,16). The summed E-state index contributed by atoms with van der Waals surface area (Å²) in [6, 6.07) is 0. The molecule has 4 nitrogen and oxygen atoms in total. The van der Waals surface area contributed by atoms with Crippen molar-refractivity contribution < 1.29 is 14.6 Å². The van der Waals surface area contributed by atoms with Crippen molar-refractivity contribution in [3.8, 4) is 0 Å². The number of hydrogen-bond donors (Lipinski definition) is 2. The third-order valence-corrected chi connectivity index (χ3v) is 4.45. The number of aliphatic hydroxyl groups is 1. The molecule has 0 radical (unpaired) electrons. The van der Waals surface area contributed by atoms with Crippen LogP contribution in [0.2, 0.25) is 0 Å². The lowest BCUT2D eigenvalue weighted by molar-refractivity contribution is -0.288. The van der Waals surface area contributed by atoms with Gasteiger partial charge in [-0.15, -0.1) is 0 Å². The van der Waals surface area contributed by atoms with E-state index >= 15 is 0 Å². The molecule has 1 rings (SSSR count). The molecule has 106 valence electrons. The predicted octanol–water partition coefficient (Wildman–Crippen LogP) is 2.05. The van der Waals surface area contributed by atoms with Gasteiger partial charge in [0.25, 0.3) is 0 Å². The SMILES string of the molecule is CCC(CC(C)C1(O)CCC(C)C(C)O1)C(N)=O. The normalized spacial score (nSPS) is 36.1. The summed E-state index contributed by atoms with van der Waals surface area (Å²) < 4.78 is 5.78. The van der Waals surface area contributed by atoms with Crippen LogP contribution in [0.25, 0.3) is 0 Å². The van der Waals surface area contributed by atoms with Crippen LogP contribution in [0, 0.1) is 17.8 Å². The van der Waals surface area contributed by atoms with Crippen LogP contribution in [0.1, 0.15) is 53.4 Å². The van der Waals surface area contributed by atoms with Crippen LogP contribution in [0.5, 0.6) is 0 Å². The highest BCUT2D eigenvalue weighted by atomic mass is 16.6. The minimum Gasteiger partial charge on any atom is -0.369 e. The van der Waals surface area contributed by atoms with E-state index in [2.05, 4.69) is 6.92 Å². The van der Waals surface area contributed by atoms with Crippen molar-refractivity contribution in [1.82, 2.24) is 0 Å². The highest BCUT2D eigenvalue weighted by molar-refractivity contribution is 5.76. The van der Waals surface area contributed by atoms with Crippen LogP contribution in [0.4, 0.5) is 0 Å². The second-order valence-electron chi connectivity index (χ2n) is 5.83. The number of nitrogens with two attached hydrogens (primary N) is 1. The number of ether oxygens (including phenoxy) is 1. The van der Waals surface area contributed by atoms with Crippen LogP contribution < -0.4 is 5.73 Å². The van der Waals surface area contributed by atoms with Crippen molar-refractivity contribution >= 4 is 5.91 Å². The highest BCUT2D eigenvalue weighted by Crippen LogP contribution is 2.38. The van der Waals surface area contributed by atoms with E-state index in [-0.39, 0.29) is 23.8 Å². The third-order valence-electron chi connectivity index (χ3n) is 4.45. The van der Waals surface area contributed by atoms with Crippen LogP contribution in [0.3, 0.4) is 0 Å². The first-order chi connectivity index (χ1) is 8.30. The lowest BCUT2D eigenvalue weighted by Gasteiger charge is -2.43. The van der Waals surface area contributed by atoms with Gasteiger partial charge in [-0.25, -0.2) is 0 Å². The fourth-order valence-electron chi connectivity index (χ4n) is 2.62. The Hall–Kier alpha value is -0.610. The van der Waals surface area contributed by atoms with Gasteiger partial charge in [0.2, 0.25) is 5.91 Å². The number of rotatable bonds is 5. The maximum atomic E-state index is 11.3. The highest BCUT2D eigenvalue weighted by Gasteiger charge is 2.42. The Morgan fingerprint density at radius 2 is 2.17 bits per heavy atom. The smallest absolute Gasteiger partial charge is 0.220 e. The summed E-state index contributed by atoms with van der Waals surface area (Å²) in [7, 11) is 0. The Morgan fingerprint density at radius 3 is 2.61 bits per heavy atom. The molecular formula is C14H27NO3. The number of amides is 1. The summed E-state index contributed by atoms with van der Waals surface area (Å²) >= 11 is 0. The molecule has 0 aromatic heterocycles. The zero-order valence-electron chi connectivity index (χ0n) is 12.0. The predicted molar refractivity (Wildman–Crippen MR) is 70.7 cm³/mol. The molecule has 18 heavy (non-hydrogen) atoms. The summed E-state index contributed by atoms with van der Waals surface area (Å²) in [5.74, 6) is -1.18. The molecule has 1 saturated heterocycles. The number of primary amides is 1. The van der Waals surface area contributed by atoms with E-state index in [4.69, 9.17) is 10.5 Å². The van der Waals surface area contributed by atoms with Crippen LogP contribution >= 0.6 is 0 Å². The van der Waals surface area contributed by atoms with Crippen LogP contribution in [0.15, 0.2) is 0 Å². The Bertz CT molecular complexity index is 295. The van der Waals surface area contributed by atoms with Crippen molar-refractivity contribution in [2.24, 2.45) is 23.5 Å². The van der Waals surface area contributed by atoms with E-state index < -0.39 is 5.79 Å². The van der Waals surface area contributed by atoms with Crippen molar-refractivity contribution in [3.63, 3.8) is 0 Å². The first-order valence-electron chi connectivity index (χ1n) is 6.99. The van der Waals surface area contributed by atoms with Gasteiger partial charge in [0.05, 0.1) is 6.10 Å². The molecule has 0 aromatic carbocycles. The second kappa shape index (κ2) is 6.02. The minimum absolute atomic E-state index is 0.0554. The van der Waals surface area contributed by atoms with Gasteiger partial charge in [0.15, 0.2) is 5.79 Å². The maximum absolute atomic E-state index is 11.3. The van der Waals surface area contributed by atoms with Crippen LogP contribution in [-0.4, -0.2) is 22.9 Å². The van der Waals surface area contributed by atoms with Gasteiger partial charge in [-0.05, 0) is 32.1 Å². The summed E-state index contributed by atoms with van der Waals surface area (Å²) in [5.41, 5.74) is 5.36. The molecule has 1 amide bonds. The molecule has 0 spiro atoms. The molecule has 1 aliphatic heterocycles. The number of carbonyl (C=O) groups is 1. The van der Waals surface area contributed by atoms with Gasteiger partial charge in [-0.3, -0.25) is 4.79 Å². The molecule has 0 saturated carbocycles. The van der Waals surface area contributed by atoms with Gasteiger partial charge in [-0.2, -0.15) is 0 Å². The molecule has 5 atom stereocenters. The minimum atomic E-state index is -1.10. The molecule has 0 aliphatic carbocycles. The summed E-state index contributed by atoms with van der Waals surface area (Å²) in [6.07, 6.45) is 2.94. The molecular weight excluding hydrogens is 230 g/mol. The molecule has 3 N–H and O–H groups in total. The molecule has 1 aliphatic rings.